The lowest BCUT2D eigenvalue weighted by molar-refractivity contribution is 0.00384. The Kier molecular flexibility index (Phi) is 4.30. The van der Waals surface area contributed by atoms with Crippen LogP contribution >= 0.6 is 0 Å². The van der Waals surface area contributed by atoms with E-state index in [4.69, 9.17) is 15.6 Å². The summed E-state index contributed by atoms with van der Waals surface area (Å²) in [6.45, 7) is -0.246. The molecule has 0 saturated heterocycles. The summed E-state index contributed by atoms with van der Waals surface area (Å²) in [6, 6.07) is 4.78. The molecule has 0 heterocycles. The van der Waals surface area contributed by atoms with Gasteiger partial charge in [0.2, 0.25) is 0 Å². The summed E-state index contributed by atoms with van der Waals surface area (Å²) in [5.41, 5.74) is 6.55. The van der Waals surface area contributed by atoms with E-state index in [-0.39, 0.29) is 6.54 Å². The van der Waals surface area contributed by atoms with E-state index in [1.165, 1.54) is 7.11 Å². The van der Waals surface area contributed by atoms with Crippen molar-refractivity contribution in [2.24, 2.45) is 0 Å². The number of alkyl halides is 2. The molecule has 0 fully saturated rings. The van der Waals surface area contributed by atoms with Crippen molar-refractivity contribution in [1.82, 2.24) is 0 Å². The molecule has 16 heavy (non-hydrogen) atoms. The third kappa shape index (κ3) is 3.54. The molecule has 1 unspecified atom stereocenters. The van der Waals surface area contributed by atoms with Gasteiger partial charge in [-0.05, 0) is 6.07 Å². The van der Waals surface area contributed by atoms with Gasteiger partial charge in [0.05, 0.1) is 7.11 Å². The van der Waals surface area contributed by atoms with E-state index in [0.29, 0.717) is 17.1 Å². The predicted octanol–water partition coefficient (Wildman–Crippen LogP) is 1.32. The van der Waals surface area contributed by atoms with Crippen LogP contribution in [0.2, 0.25) is 0 Å². The summed E-state index contributed by atoms with van der Waals surface area (Å²) < 4.78 is 29.0. The Hall–Kier alpha value is -1.56. The quantitative estimate of drug-likeness (QED) is 0.670. The van der Waals surface area contributed by atoms with Crippen LogP contribution in [0, 0.1) is 0 Å². The first-order valence-electron chi connectivity index (χ1n) is 4.67. The van der Waals surface area contributed by atoms with Crippen LogP contribution in [0.15, 0.2) is 18.2 Å². The van der Waals surface area contributed by atoms with Crippen molar-refractivity contribution in [1.29, 1.82) is 0 Å². The van der Waals surface area contributed by atoms with Gasteiger partial charge in [0.15, 0.2) is 0 Å². The number of nitrogen functional groups attached to an aromatic ring is 1. The zero-order valence-electron chi connectivity index (χ0n) is 8.78. The second-order valence-corrected chi connectivity index (χ2v) is 3.28. The van der Waals surface area contributed by atoms with E-state index in [1.807, 2.05) is 0 Å². The molecule has 0 radical (unpaired) electrons. The number of nitrogens with two attached hydrogens (primary N) is 1. The first-order chi connectivity index (χ1) is 7.52. The van der Waals surface area contributed by atoms with Crippen LogP contribution in [0.1, 0.15) is 0 Å². The van der Waals surface area contributed by atoms with E-state index in [1.54, 1.807) is 18.2 Å². The van der Waals surface area contributed by atoms with Gasteiger partial charge in [-0.1, -0.05) is 0 Å². The molecule has 0 aliphatic carbocycles. The maximum atomic E-state index is 12.0. The van der Waals surface area contributed by atoms with Crippen molar-refractivity contribution in [3.63, 3.8) is 0 Å². The minimum Gasteiger partial charge on any atom is -0.497 e. The molecule has 90 valence electrons. The summed E-state index contributed by atoms with van der Waals surface area (Å²) in [5.74, 6) is 0.522. The van der Waals surface area contributed by atoms with Gasteiger partial charge in [0.1, 0.15) is 11.9 Å². The number of benzene rings is 1. The van der Waals surface area contributed by atoms with Gasteiger partial charge in [-0.25, -0.2) is 8.78 Å². The fourth-order valence-corrected chi connectivity index (χ4v) is 1.15. The molecule has 0 aliphatic heterocycles. The fraction of sp³-hybridized carbons (Fsp3) is 0.400. The van der Waals surface area contributed by atoms with Gasteiger partial charge in [-0.3, -0.25) is 0 Å². The van der Waals surface area contributed by atoms with Gasteiger partial charge in [0.25, 0.3) is 6.43 Å². The Morgan fingerprint density at radius 2 is 2.12 bits per heavy atom. The number of aliphatic hydroxyl groups is 1. The maximum absolute atomic E-state index is 12.0. The van der Waals surface area contributed by atoms with Gasteiger partial charge in [-0.15, -0.1) is 0 Å². The Morgan fingerprint density at radius 1 is 1.44 bits per heavy atom. The molecule has 4 nitrogen and oxygen atoms in total. The van der Waals surface area contributed by atoms with Gasteiger partial charge >= 0.3 is 0 Å². The standard InChI is InChI=1S/C10H14F2N2O2/c1-16-8-3-6(13)2-7(4-8)14-5-9(15)10(11)12/h2-4,9-10,14-15H,5,13H2,1H3. The van der Waals surface area contributed by atoms with Gasteiger partial charge in [-0.2, -0.15) is 0 Å². The molecule has 4 N–H and O–H groups in total. The van der Waals surface area contributed by atoms with E-state index >= 15 is 0 Å². The molecule has 0 spiro atoms. The van der Waals surface area contributed by atoms with Gasteiger partial charge in [0, 0.05) is 30.1 Å². The summed E-state index contributed by atoms with van der Waals surface area (Å²) in [5, 5.41) is 11.6. The lowest BCUT2D eigenvalue weighted by atomic mass is 10.2. The number of aliphatic hydroxyl groups excluding tert-OH is 1. The highest BCUT2D eigenvalue weighted by atomic mass is 19.3. The first kappa shape index (κ1) is 12.5. The number of rotatable bonds is 5. The third-order valence-corrected chi connectivity index (χ3v) is 1.97. The minimum absolute atomic E-state index is 0.246. The van der Waals surface area contributed by atoms with Crippen molar-refractivity contribution in [2.45, 2.75) is 12.5 Å². The monoisotopic (exact) mass is 232 g/mol. The highest BCUT2D eigenvalue weighted by Crippen LogP contribution is 2.22. The topological polar surface area (TPSA) is 67.5 Å². The number of methoxy groups -OCH3 is 1. The number of hydrogen-bond donors (Lipinski definition) is 3. The Bertz CT molecular complexity index is 348. The van der Waals surface area contributed by atoms with Crippen molar-refractivity contribution in [3.05, 3.63) is 18.2 Å². The van der Waals surface area contributed by atoms with E-state index in [2.05, 4.69) is 5.32 Å². The van der Waals surface area contributed by atoms with Crippen LogP contribution in [0.25, 0.3) is 0 Å². The largest absolute Gasteiger partial charge is 0.497 e. The fourth-order valence-electron chi connectivity index (χ4n) is 1.15. The SMILES string of the molecule is COc1cc(N)cc(NCC(O)C(F)F)c1. The van der Waals surface area contributed by atoms with Crippen LogP contribution in [0.4, 0.5) is 20.2 Å². The smallest absolute Gasteiger partial charge is 0.265 e. The maximum Gasteiger partial charge on any atom is 0.265 e. The van der Waals surface area contributed by atoms with Crippen LogP contribution in [-0.4, -0.2) is 31.3 Å². The number of hydrogen-bond acceptors (Lipinski definition) is 4. The molecule has 1 rings (SSSR count). The molecular weight excluding hydrogens is 218 g/mol. The Morgan fingerprint density at radius 3 is 2.69 bits per heavy atom. The molecular formula is C10H14F2N2O2. The molecule has 1 aromatic rings. The lowest BCUT2D eigenvalue weighted by Gasteiger charge is -2.13. The Labute approximate surface area is 92.0 Å². The van der Waals surface area contributed by atoms with Crippen molar-refractivity contribution in [2.75, 3.05) is 24.7 Å². The predicted molar refractivity (Wildman–Crippen MR) is 57.9 cm³/mol. The highest BCUT2D eigenvalue weighted by Gasteiger charge is 2.16. The summed E-state index contributed by atoms with van der Waals surface area (Å²) in [4.78, 5) is 0. The molecule has 1 atom stereocenters. The second-order valence-electron chi connectivity index (χ2n) is 3.28. The number of halogens is 2. The van der Waals surface area contributed by atoms with Crippen molar-refractivity contribution >= 4 is 11.4 Å². The number of ether oxygens (including phenoxy) is 1. The second kappa shape index (κ2) is 5.50. The van der Waals surface area contributed by atoms with Crippen LogP contribution in [-0.2, 0) is 0 Å². The summed E-state index contributed by atoms with van der Waals surface area (Å²) in [7, 11) is 1.48. The highest BCUT2D eigenvalue weighted by molar-refractivity contribution is 5.59. The molecule has 0 bridgehead atoms. The van der Waals surface area contributed by atoms with E-state index < -0.39 is 12.5 Å². The van der Waals surface area contributed by atoms with Gasteiger partial charge < -0.3 is 20.9 Å². The Balaban J connectivity index is 2.63. The average Bonchev–Trinajstić information content (AvgIpc) is 2.24. The molecule has 0 aliphatic rings. The zero-order valence-corrected chi connectivity index (χ0v) is 8.78. The summed E-state index contributed by atoms with van der Waals surface area (Å²) in [6.07, 6.45) is -4.47. The molecule has 0 saturated carbocycles. The van der Waals surface area contributed by atoms with Crippen LogP contribution < -0.4 is 15.8 Å². The molecule has 6 heteroatoms. The van der Waals surface area contributed by atoms with Crippen molar-refractivity contribution < 1.29 is 18.6 Å². The first-order valence-corrected chi connectivity index (χ1v) is 4.67. The summed E-state index contributed by atoms with van der Waals surface area (Å²) >= 11 is 0. The minimum atomic E-state index is -2.77. The zero-order chi connectivity index (χ0) is 12.1. The normalized spacial score (nSPS) is 12.6. The third-order valence-electron chi connectivity index (χ3n) is 1.97. The molecule has 1 aromatic carbocycles. The van der Waals surface area contributed by atoms with E-state index in [9.17, 15) is 8.78 Å². The molecule has 0 amide bonds. The molecule has 0 aromatic heterocycles. The van der Waals surface area contributed by atoms with Crippen molar-refractivity contribution in [3.8, 4) is 5.75 Å². The number of nitrogens with one attached hydrogen (secondary N) is 1. The van der Waals surface area contributed by atoms with Crippen LogP contribution in [0.3, 0.4) is 0 Å². The number of anilines is 2. The van der Waals surface area contributed by atoms with Crippen LogP contribution in [0.5, 0.6) is 5.75 Å². The lowest BCUT2D eigenvalue weighted by Crippen LogP contribution is -2.26. The average molecular weight is 232 g/mol. The van der Waals surface area contributed by atoms with E-state index in [0.717, 1.165) is 0 Å².